The second kappa shape index (κ2) is 5.31. The molecule has 84 valence electrons. The maximum absolute atomic E-state index is 11.9. The molecule has 0 radical (unpaired) electrons. The standard InChI is InChI=1S/C12H19NOS/c1-9(2)10(3)15(14)8-11-5-4-6-12(13)7-11/h4-7,9-10H,8,13H2,1-3H3. The zero-order chi connectivity index (χ0) is 11.4. The molecule has 2 atom stereocenters. The molecule has 3 heteroatoms. The number of benzene rings is 1. The minimum Gasteiger partial charge on any atom is -0.399 e. The van der Waals surface area contributed by atoms with Crippen molar-refractivity contribution in [3.8, 4) is 0 Å². The summed E-state index contributed by atoms with van der Waals surface area (Å²) in [7, 11) is -0.810. The molecular formula is C12H19NOS. The maximum atomic E-state index is 11.9. The van der Waals surface area contributed by atoms with E-state index >= 15 is 0 Å². The first-order valence-corrected chi connectivity index (χ1v) is 6.60. The molecule has 0 aliphatic heterocycles. The van der Waals surface area contributed by atoms with E-state index in [-0.39, 0.29) is 5.25 Å². The second-order valence-corrected chi connectivity index (χ2v) is 6.01. The molecule has 2 unspecified atom stereocenters. The summed E-state index contributed by atoms with van der Waals surface area (Å²) in [6.07, 6.45) is 0. The molecule has 1 rings (SSSR count). The van der Waals surface area contributed by atoms with Crippen molar-refractivity contribution in [2.24, 2.45) is 5.92 Å². The van der Waals surface area contributed by atoms with Gasteiger partial charge in [-0.3, -0.25) is 4.21 Å². The van der Waals surface area contributed by atoms with Crippen molar-refractivity contribution in [1.82, 2.24) is 0 Å². The first-order valence-electron chi connectivity index (χ1n) is 5.22. The summed E-state index contributed by atoms with van der Waals surface area (Å²) < 4.78 is 11.9. The van der Waals surface area contributed by atoms with Crippen LogP contribution < -0.4 is 5.73 Å². The Morgan fingerprint density at radius 2 is 2.00 bits per heavy atom. The van der Waals surface area contributed by atoms with E-state index < -0.39 is 10.8 Å². The van der Waals surface area contributed by atoms with Gasteiger partial charge in [-0.25, -0.2) is 0 Å². The van der Waals surface area contributed by atoms with E-state index in [4.69, 9.17) is 5.73 Å². The highest BCUT2D eigenvalue weighted by Crippen LogP contribution is 2.15. The second-order valence-electron chi connectivity index (χ2n) is 4.22. The van der Waals surface area contributed by atoms with Gasteiger partial charge < -0.3 is 5.73 Å². The van der Waals surface area contributed by atoms with Gasteiger partial charge in [0.15, 0.2) is 0 Å². The van der Waals surface area contributed by atoms with E-state index in [2.05, 4.69) is 13.8 Å². The first kappa shape index (κ1) is 12.2. The lowest BCUT2D eigenvalue weighted by Crippen LogP contribution is -2.18. The lowest BCUT2D eigenvalue weighted by molar-refractivity contribution is 0.605. The highest BCUT2D eigenvalue weighted by Gasteiger charge is 2.15. The predicted octanol–water partition coefficient (Wildman–Crippen LogP) is 2.56. The van der Waals surface area contributed by atoms with Crippen LogP contribution in [0.4, 0.5) is 5.69 Å². The van der Waals surface area contributed by atoms with Gasteiger partial charge in [-0.15, -0.1) is 0 Å². The zero-order valence-corrected chi connectivity index (χ0v) is 10.4. The summed E-state index contributed by atoms with van der Waals surface area (Å²) in [6, 6.07) is 7.62. The number of hydrogen-bond acceptors (Lipinski definition) is 2. The first-order chi connectivity index (χ1) is 7.00. The monoisotopic (exact) mass is 225 g/mol. The summed E-state index contributed by atoms with van der Waals surface area (Å²) in [4.78, 5) is 0. The molecule has 0 spiro atoms. The quantitative estimate of drug-likeness (QED) is 0.800. The zero-order valence-electron chi connectivity index (χ0n) is 9.57. The van der Waals surface area contributed by atoms with Crippen molar-refractivity contribution in [2.45, 2.75) is 31.8 Å². The van der Waals surface area contributed by atoms with Gasteiger partial charge in [-0.2, -0.15) is 0 Å². The minimum atomic E-state index is -0.810. The summed E-state index contributed by atoms with van der Waals surface area (Å²) in [5.41, 5.74) is 7.47. The van der Waals surface area contributed by atoms with Crippen molar-refractivity contribution in [3.05, 3.63) is 29.8 Å². The van der Waals surface area contributed by atoms with Gasteiger partial charge in [0.1, 0.15) is 0 Å². The molecule has 0 amide bonds. The van der Waals surface area contributed by atoms with E-state index in [1.807, 2.05) is 31.2 Å². The van der Waals surface area contributed by atoms with Gasteiger partial charge in [0.2, 0.25) is 0 Å². The van der Waals surface area contributed by atoms with E-state index in [9.17, 15) is 4.21 Å². The Labute approximate surface area is 94.3 Å². The smallest absolute Gasteiger partial charge is 0.0489 e. The third kappa shape index (κ3) is 3.67. The third-order valence-corrected chi connectivity index (χ3v) is 4.60. The number of hydrogen-bond donors (Lipinski definition) is 1. The fourth-order valence-corrected chi connectivity index (χ4v) is 2.66. The molecule has 0 saturated carbocycles. The Kier molecular flexibility index (Phi) is 4.33. The summed E-state index contributed by atoms with van der Waals surface area (Å²) in [5.74, 6) is 1.05. The lowest BCUT2D eigenvalue weighted by atomic mass is 10.2. The van der Waals surface area contributed by atoms with E-state index in [1.165, 1.54) is 0 Å². The largest absolute Gasteiger partial charge is 0.399 e. The van der Waals surface area contributed by atoms with Crippen LogP contribution in [0.2, 0.25) is 0 Å². The van der Waals surface area contributed by atoms with Gasteiger partial charge in [0, 0.05) is 27.5 Å². The highest BCUT2D eigenvalue weighted by atomic mass is 32.2. The molecule has 1 aromatic carbocycles. The molecule has 0 saturated heterocycles. The Morgan fingerprint density at radius 3 is 2.53 bits per heavy atom. The van der Waals surface area contributed by atoms with Gasteiger partial charge in [0.25, 0.3) is 0 Å². The molecule has 1 aromatic rings. The van der Waals surface area contributed by atoms with Crippen molar-refractivity contribution in [3.63, 3.8) is 0 Å². The van der Waals surface area contributed by atoms with Crippen LogP contribution in [0, 0.1) is 5.92 Å². The number of rotatable bonds is 4. The Balaban J connectivity index is 2.66. The number of anilines is 1. The van der Waals surface area contributed by atoms with Crippen LogP contribution in [0.5, 0.6) is 0 Å². The Hall–Kier alpha value is -0.830. The number of nitrogens with two attached hydrogens (primary N) is 1. The molecule has 15 heavy (non-hydrogen) atoms. The Morgan fingerprint density at radius 1 is 1.33 bits per heavy atom. The summed E-state index contributed by atoms with van der Waals surface area (Å²) in [5, 5.41) is 0.228. The van der Waals surface area contributed by atoms with Crippen LogP contribution in [-0.4, -0.2) is 9.46 Å². The van der Waals surface area contributed by atoms with Crippen LogP contribution >= 0.6 is 0 Å². The average molecular weight is 225 g/mol. The predicted molar refractivity (Wildman–Crippen MR) is 67.0 cm³/mol. The molecule has 0 heterocycles. The van der Waals surface area contributed by atoms with Crippen LogP contribution in [0.1, 0.15) is 26.3 Å². The van der Waals surface area contributed by atoms with Crippen LogP contribution in [-0.2, 0) is 16.6 Å². The van der Waals surface area contributed by atoms with Crippen LogP contribution in [0.25, 0.3) is 0 Å². The van der Waals surface area contributed by atoms with Crippen molar-refractivity contribution in [1.29, 1.82) is 0 Å². The lowest BCUT2D eigenvalue weighted by Gasteiger charge is -2.15. The molecule has 2 N–H and O–H groups in total. The molecule has 0 aliphatic carbocycles. The van der Waals surface area contributed by atoms with E-state index in [1.54, 1.807) is 0 Å². The van der Waals surface area contributed by atoms with Crippen molar-refractivity contribution >= 4 is 16.5 Å². The van der Waals surface area contributed by atoms with Crippen LogP contribution in [0.3, 0.4) is 0 Å². The molecule has 2 nitrogen and oxygen atoms in total. The Bertz CT molecular complexity index is 349. The molecular weight excluding hydrogens is 206 g/mol. The van der Waals surface area contributed by atoms with Gasteiger partial charge in [-0.1, -0.05) is 32.9 Å². The summed E-state index contributed by atoms with van der Waals surface area (Å²) in [6.45, 7) is 6.23. The van der Waals surface area contributed by atoms with Gasteiger partial charge in [0.05, 0.1) is 0 Å². The normalized spacial score (nSPS) is 15.2. The summed E-state index contributed by atoms with van der Waals surface area (Å²) >= 11 is 0. The van der Waals surface area contributed by atoms with Gasteiger partial charge >= 0.3 is 0 Å². The van der Waals surface area contributed by atoms with E-state index in [0.717, 1.165) is 11.3 Å². The highest BCUT2D eigenvalue weighted by molar-refractivity contribution is 7.84. The maximum Gasteiger partial charge on any atom is 0.0489 e. The van der Waals surface area contributed by atoms with E-state index in [0.29, 0.717) is 11.7 Å². The topological polar surface area (TPSA) is 43.1 Å². The van der Waals surface area contributed by atoms with Crippen molar-refractivity contribution in [2.75, 3.05) is 5.73 Å². The fourth-order valence-electron chi connectivity index (χ4n) is 1.28. The molecule has 0 aliphatic rings. The molecule has 0 bridgehead atoms. The number of nitrogen functional groups attached to an aromatic ring is 1. The SMILES string of the molecule is CC(C)C(C)S(=O)Cc1cccc(N)c1. The third-order valence-electron chi connectivity index (χ3n) is 2.61. The molecule has 0 fully saturated rings. The van der Waals surface area contributed by atoms with Gasteiger partial charge in [-0.05, 0) is 23.6 Å². The average Bonchev–Trinajstić information content (AvgIpc) is 2.16. The fraction of sp³-hybridized carbons (Fsp3) is 0.500. The molecule has 0 aromatic heterocycles. The minimum absolute atomic E-state index is 0.228. The van der Waals surface area contributed by atoms with Crippen LogP contribution in [0.15, 0.2) is 24.3 Å². The van der Waals surface area contributed by atoms with Crippen molar-refractivity contribution < 1.29 is 4.21 Å².